The van der Waals surface area contributed by atoms with Crippen molar-refractivity contribution in [1.29, 1.82) is 0 Å². The maximum Gasteiger partial charge on any atom is 0.123 e. The van der Waals surface area contributed by atoms with Gasteiger partial charge in [-0.1, -0.05) is 41.4 Å². The van der Waals surface area contributed by atoms with Crippen LogP contribution in [0.25, 0.3) is 11.3 Å². The first kappa shape index (κ1) is 13.3. The molecule has 1 heterocycles. The number of nitrogens with zero attached hydrogens (tertiary/aromatic N) is 1. The Morgan fingerprint density at radius 3 is 2.67 bits per heavy atom. The number of H-pyrrole nitrogens is 1. The minimum absolute atomic E-state index is 0.305. The summed E-state index contributed by atoms with van der Waals surface area (Å²) in [6.45, 7) is 2.18. The van der Waals surface area contributed by atoms with E-state index in [2.05, 4.69) is 50.3 Å². The van der Waals surface area contributed by atoms with E-state index in [1.807, 2.05) is 25.4 Å². The molecule has 0 saturated heterocycles. The summed E-state index contributed by atoms with van der Waals surface area (Å²) in [5, 5.41) is 3.29. The van der Waals surface area contributed by atoms with E-state index in [0.29, 0.717) is 6.04 Å². The fourth-order valence-corrected chi connectivity index (χ4v) is 2.26. The SMILES string of the molecule is CCC[C@H](NC)c1ncc(-c2ccc(Br)cc2)[nH]1. The molecule has 1 aromatic carbocycles. The monoisotopic (exact) mass is 307 g/mol. The lowest BCUT2D eigenvalue weighted by molar-refractivity contribution is 0.518. The second kappa shape index (κ2) is 6.16. The molecule has 18 heavy (non-hydrogen) atoms. The Morgan fingerprint density at radius 2 is 2.06 bits per heavy atom. The van der Waals surface area contributed by atoms with Crippen LogP contribution in [0.3, 0.4) is 0 Å². The first-order valence-corrected chi connectivity index (χ1v) is 7.02. The third-order valence-electron chi connectivity index (χ3n) is 3.01. The van der Waals surface area contributed by atoms with Crippen LogP contribution >= 0.6 is 15.9 Å². The minimum atomic E-state index is 0.305. The van der Waals surface area contributed by atoms with Gasteiger partial charge in [0, 0.05) is 4.47 Å². The Bertz CT molecular complexity index is 490. The molecule has 0 amide bonds. The van der Waals surface area contributed by atoms with Gasteiger partial charge in [-0.3, -0.25) is 0 Å². The number of hydrogen-bond acceptors (Lipinski definition) is 2. The fraction of sp³-hybridized carbons (Fsp3) is 0.357. The van der Waals surface area contributed by atoms with Crippen LogP contribution < -0.4 is 5.32 Å². The molecule has 2 N–H and O–H groups in total. The van der Waals surface area contributed by atoms with E-state index in [-0.39, 0.29) is 0 Å². The highest BCUT2D eigenvalue weighted by Gasteiger charge is 2.12. The van der Waals surface area contributed by atoms with E-state index in [1.165, 1.54) is 0 Å². The molecule has 2 rings (SSSR count). The summed E-state index contributed by atoms with van der Waals surface area (Å²) in [5.74, 6) is 1.01. The predicted octanol–water partition coefficient (Wildman–Crippen LogP) is 3.90. The molecule has 1 atom stereocenters. The lowest BCUT2D eigenvalue weighted by atomic mass is 10.1. The normalized spacial score (nSPS) is 12.6. The number of rotatable bonds is 5. The number of aromatic amines is 1. The Morgan fingerprint density at radius 1 is 1.33 bits per heavy atom. The van der Waals surface area contributed by atoms with E-state index in [0.717, 1.165) is 34.4 Å². The zero-order valence-electron chi connectivity index (χ0n) is 10.7. The zero-order chi connectivity index (χ0) is 13.0. The highest BCUT2D eigenvalue weighted by atomic mass is 79.9. The average molecular weight is 308 g/mol. The third kappa shape index (κ3) is 3.00. The van der Waals surface area contributed by atoms with Gasteiger partial charge in [0.1, 0.15) is 5.82 Å². The topological polar surface area (TPSA) is 40.7 Å². The van der Waals surface area contributed by atoms with Crippen molar-refractivity contribution in [2.24, 2.45) is 0 Å². The van der Waals surface area contributed by atoms with Gasteiger partial charge < -0.3 is 10.3 Å². The Labute approximate surface area is 116 Å². The summed E-state index contributed by atoms with van der Waals surface area (Å²) in [5.41, 5.74) is 2.22. The van der Waals surface area contributed by atoms with E-state index in [9.17, 15) is 0 Å². The number of hydrogen-bond donors (Lipinski definition) is 2. The van der Waals surface area contributed by atoms with Crippen LogP contribution in [0.1, 0.15) is 31.6 Å². The molecule has 96 valence electrons. The highest BCUT2D eigenvalue weighted by Crippen LogP contribution is 2.22. The van der Waals surface area contributed by atoms with Gasteiger partial charge in [0.25, 0.3) is 0 Å². The standard InChI is InChI=1S/C14H18BrN3/c1-3-4-12(16-2)14-17-9-13(18-14)10-5-7-11(15)8-6-10/h5-9,12,16H,3-4H2,1-2H3,(H,17,18)/t12-/m0/s1. The second-order valence-corrected chi connectivity index (χ2v) is 5.23. The molecule has 0 aliphatic carbocycles. The quantitative estimate of drug-likeness (QED) is 0.879. The summed E-state index contributed by atoms with van der Waals surface area (Å²) in [6.07, 6.45) is 4.13. The van der Waals surface area contributed by atoms with Gasteiger partial charge in [-0.15, -0.1) is 0 Å². The van der Waals surface area contributed by atoms with Crippen LogP contribution in [0.4, 0.5) is 0 Å². The molecule has 0 saturated carbocycles. The molecule has 1 aromatic heterocycles. The second-order valence-electron chi connectivity index (χ2n) is 4.32. The molecule has 0 unspecified atom stereocenters. The predicted molar refractivity (Wildman–Crippen MR) is 78.4 cm³/mol. The minimum Gasteiger partial charge on any atom is -0.341 e. The molecule has 0 bridgehead atoms. The molecular formula is C14H18BrN3. The highest BCUT2D eigenvalue weighted by molar-refractivity contribution is 9.10. The lowest BCUT2D eigenvalue weighted by Gasteiger charge is -2.11. The van der Waals surface area contributed by atoms with Crippen molar-refractivity contribution < 1.29 is 0 Å². The number of imidazole rings is 1. The van der Waals surface area contributed by atoms with Crippen molar-refractivity contribution in [3.8, 4) is 11.3 Å². The Hall–Kier alpha value is -1.13. The van der Waals surface area contributed by atoms with Gasteiger partial charge in [0.05, 0.1) is 17.9 Å². The van der Waals surface area contributed by atoms with Crippen LogP contribution in [-0.4, -0.2) is 17.0 Å². The van der Waals surface area contributed by atoms with Gasteiger partial charge in [0.15, 0.2) is 0 Å². The van der Waals surface area contributed by atoms with Gasteiger partial charge in [0.2, 0.25) is 0 Å². The molecular weight excluding hydrogens is 290 g/mol. The van der Waals surface area contributed by atoms with Crippen molar-refractivity contribution in [3.63, 3.8) is 0 Å². The first-order valence-electron chi connectivity index (χ1n) is 6.22. The molecule has 0 fully saturated rings. The number of benzene rings is 1. The van der Waals surface area contributed by atoms with E-state index >= 15 is 0 Å². The van der Waals surface area contributed by atoms with Crippen LogP contribution in [0.15, 0.2) is 34.9 Å². The molecule has 4 heteroatoms. The first-order chi connectivity index (χ1) is 8.74. The van der Waals surface area contributed by atoms with Crippen LogP contribution in [-0.2, 0) is 0 Å². The molecule has 3 nitrogen and oxygen atoms in total. The zero-order valence-corrected chi connectivity index (χ0v) is 12.3. The summed E-state index contributed by atoms with van der Waals surface area (Å²) < 4.78 is 1.09. The summed E-state index contributed by atoms with van der Waals surface area (Å²) in [7, 11) is 1.97. The van der Waals surface area contributed by atoms with Gasteiger partial charge in [-0.05, 0) is 31.2 Å². The fourth-order valence-electron chi connectivity index (χ4n) is 2.00. The van der Waals surface area contributed by atoms with Crippen molar-refractivity contribution in [2.75, 3.05) is 7.05 Å². The van der Waals surface area contributed by atoms with E-state index in [1.54, 1.807) is 0 Å². The molecule has 2 aromatic rings. The smallest absolute Gasteiger partial charge is 0.123 e. The summed E-state index contributed by atoms with van der Waals surface area (Å²) >= 11 is 3.44. The van der Waals surface area contributed by atoms with Gasteiger partial charge in [-0.2, -0.15) is 0 Å². The molecule has 0 aliphatic heterocycles. The van der Waals surface area contributed by atoms with Crippen molar-refractivity contribution in [2.45, 2.75) is 25.8 Å². The van der Waals surface area contributed by atoms with E-state index in [4.69, 9.17) is 0 Å². The van der Waals surface area contributed by atoms with Crippen molar-refractivity contribution >= 4 is 15.9 Å². The third-order valence-corrected chi connectivity index (χ3v) is 3.54. The van der Waals surface area contributed by atoms with Crippen molar-refractivity contribution in [3.05, 3.63) is 40.8 Å². The molecule has 0 radical (unpaired) electrons. The molecule has 0 aliphatic rings. The van der Waals surface area contributed by atoms with Gasteiger partial charge >= 0.3 is 0 Å². The lowest BCUT2D eigenvalue weighted by Crippen LogP contribution is -2.17. The van der Waals surface area contributed by atoms with Crippen LogP contribution in [0.2, 0.25) is 0 Å². The van der Waals surface area contributed by atoms with Crippen LogP contribution in [0, 0.1) is 0 Å². The summed E-state index contributed by atoms with van der Waals surface area (Å²) in [4.78, 5) is 7.87. The average Bonchev–Trinajstić information content (AvgIpc) is 2.86. The Kier molecular flexibility index (Phi) is 4.55. The van der Waals surface area contributed by atoms with Gasteiger partial charge in [-0.25, -0.2) is 4.98 Å². The largest absolute Gasteiger partial charge is 0.341 e. The van der Waals surface area contributed by atoms with Crippen molar-refractivity contribution in [1.82, 2.24) is 15.3 Å². The number of halogens is 1. The van der Waals surface area contributed by atoms with Crippen LogP contribution in [0.5, 0.6) is 0 Å². The summed E-state index contributed by atoms with van der Waals surface area (Å²) in [6, 6.07) is 8.54. The maximum absolute atomic E-state index is 4.48. The number of aromatic nitrogens is 2. The molecule has 0 spiro atoms. The maximum atomic E-state index is 4.48. The Balaban J connectivity index is 2.21. The van der Waals surface area contributed by atoms with E-state index < -0.39 is 0 Å². The number of nitrogens with one attached hydrogen (secondary N) is 2.